The van der Waals surface area contributed by atoms with Gasteiger partial charge in [-0.05, 0) is 54.0 Å². The van der Waals surface area contributed by atoms with Crippen LogP contribution in [0, 0.1) is 0 Å². The van der Waals surface area contributed by atoms with E-state index in [1.807, 2.05) is 0 Å². The minimum absolute atomic E-state index is 0. The Morgan fingerprint density at radius 2 is 1.96 bits per heavy atom. The van der Waals surface area contributed by atoms with Crippen molar-refractivity contribution in [2.75, 3.05) is 13.2 Å². The van der Waals surface area contributed by atoms with Gasteiger partial charge in [0, 0.05) is 6.54 Å². The van der Waals surface area contributed by atoms with Gasteiger partial charge in [0.25, 0.3) is 0 Å². The Morgan fingerprint density at radius 3 is 2.62 bits per heavy atom. The Labute approximate surface area is 174 Å². The smallest absolute Gasteiger partial charge is 0.744 e. The third-order valence-corrected chi connectivity index (χ3v) is 4.32. The molecule has 0 aliphatic carbocycles. The molecule has 0 saturated carbocycles. The van der Waals surface area contributed by atoms with Gasteiger partial charge in [0.15, 0.2) is 11.5 Å². The van der Waals surface area contributed by atoms with E-state index in [-0.39, 0.29) is 51.9 Å². The first-order valence-electron chi connectivity index (χ1n) is 7.57. The van der Waals surface area contributed by atoms with E-state index < -0.39 is 10.1 Å². The van der Waals surface area contributed by atoms with Gasteiger partial charge in [0.1, 0.15) is 10.1 Å². The summed E-state index contributed by atoms with van der Waals surface area (Å²) in [6, 6.07) is 6.84. The number of nitrogens with one attached hydrogen (secondary N) is 1. The molecule has 0 fully saturated rings. The number of benzene rings is 2. The van der Waals surface area contributed by atoms with E-state index in [2.05, 4.69) is 11.9 Å². The molecule has 0 aliphatic rings. The summed E-state index contributed by atoms with van der Waals surface area (Å²) in [5.41, 5.74) is 0. The monoisotopic (exact) mass is 387 g/mol. The molecule has 7 nitrogen and oxygen atoms in total. The summed E-state index contributed by atoms with van der Waals surface area (Å²) in [5, 5.41) is 13.7. The van der Waals surface area contributed by atoms with Crippen LogP contribution in [0.1, 0.15) is 12.8 Å². The number of phenols is 1. The topological polar surface area (TPSA) is 116 Å². The van der Waals surface area contributed by atoms with E-state index in [0.717, 1.165) is 0 Å². The summed E-state index contributed by atoms with van der Waals surface area (Å²) < 4.78 is 38.6. The maximum atomic E-state index is 11.0. The van der Waals surface area contributed by atoms with Crippen molar-refractivity contribution in [1.29, 1.82) is 0 Å². The van der Waals surface area contributed by atoms with E-state index in [4.69, 9.17) is 4.74 Å². The number of unbranched alkanes of at least 4 members (excludes halogenated alkanes) is 1. The van der Waals surface area contributed by atoms with Gasteiger partial charge in [-0.3, -0.25) is 4.79 Å². The molecule has 0 bridgehead atoms. The van der Waals surface area contributed by atoms with Crippen LogP contribution in [0.3, 0.4) is 0 Å². The van der Waals surface area contributed by atoms with Gasteiger partial charge in [-0.15, -0.1) is 0 Å². The zero-order valence-electron chi connectivity index (χ0n) is 14.4. The van der Waals surface area contributed by atoms with Crippen molar-refractivity contribution in [3.05, 3.63) is 43.0 Å². The predicted molar refractivity (Wildman–Crippen MR) is 91.5 cm³/mol. The molecular weight excluding hydrogens is 369 g/mol. The molecule has 9 heteroatoms. The molecule has 0 radical (unpaired) electrons. The number of hydrogen-bond acceptors (Lipinski definition) is 6. The van der Waals surface area contributed by atoms with Gasteiger partial charge in [-0.25, -0.2) is 8.42 Å². The Morgan fingerprint density at radius 1 is 1.23 bits per heavy atom. The first kappa shape index (κ1) is 22.5. The predicted octanol–water partition coefficient (Wildman–Crippen LogP) is -1.09. The van der Waals surface area contributed by atoms with E-state index in [1.165, 1.54) is 30.3 Å². The molecule has 0 unspecified atom stereocenters. The van der Waals surface area contributed by atoms with Crippen LogP contribution >= 0.6 is 0 Å². The van der Waals surface area contributed by atoms with Gasteiger partial charge in [-0.2, -0.15) is 0 Å². The number of fused-ring (bicyclic) bond motifs is 1. The molecule has 134 valence electrons. The number of hydrogen-bond donors (Lipinski definition) is 2. The normalized spacial score (nSPS) is 10.8. The van der Waals surface area contributed by atoms with Crippen molar-refractivity contribution >= 4 is 26.8 Å². The fourth-order valence-corrected chi connectivity index (χ4v) is 2.71. The second-order valence-corrected chi connectivity index (χ2v) is 6.71. The molecule has 0 heterocycles. The largest absolute Gasteiger partial charge is 1.00 e. The van der Waals surface area contributed by atoms with E-state index in [0.29, 0.717) is 36.8 Å². The molecule has 2 aromatic rings. The quantitative estimate of drug-likeness (QED) is 0.258. The number of phenolic OH excluding ortho intramolecular Hbond substituents is 1. The van der Waals surface area contributed by atoms with Crippen LogP contribution in [0.2, 0.25) is 0 Å². The van der Waals surface area contributed by atoms with Crippen molar-refractivity contribution in [3.63, 3.8) is 0 Å². The molecule has 2 rings (SSSR count). The Balaban J connectivity index is 0.00000338. The molecule has 0 aromatic heterocycles. The van der Waals surface area contributed by atoms with Crippen LogP contribution in [-0.4, -0.2) is 37.1 Å². The number of amides is 1. The zero-order chi connectivity index (χ0) is 18.4. The molecule has 0 aliphatic heterocycles. The van der Waals surface area contributed by atoms with Gasteiger partial charge < -0.3 is 19.7 Å². The third kappa shape index (κ3) is 6.30. The minimum Gasteiger partial charge on any atom is -0.744 e. The summed E-state index contributed by atoms with van der Waals surface area (Å²) in [7, 11) is -4.55. The number of rotatable bonds is 8. The fraction of sp³-hybridized carbons (Fsp3) is 0.235. The number of ether oxygens (including phenoxy) is 1. The van der Waals surface area contributed by atoms with Gasteiger partial charge in [0.2, 0.25) is 5.91 Å². The Kier molecular flexibility index (Phi) is 8.58. The number of aromatic hydroxyl groups is 1. The first-order chi connectivity index (χ1) is 11.8. The van der Waals surface area contributed by atoms with Crippen LogP contribution in [-0.2, 0) is 14.9 Å². The standard InChI is InChI=1S/C17H19NO6S.Na/c1-2-17(20)18-7-3-4-8-24-16-11-12-5-6-14(25(21,22)23)9-13(12)10-15(16)19;/h2,5-6,9-11,19H,1,3-4,7-8H2,(H,18,20)(H,21,22,23);/q;+1/p-1. The van der Waals surface area contributed by atoms with Crippen LogP contribution < -0.4 is 39.6 Å². The average Bonchev–Trinajstić information content (AvgIpc) is 2.56. The first-order valence-corrected chi connectivity index (χ1v) is 8.98. The number of carbonyl (C=O) groups is 1. The van der Waals surface area contributed by atoms with Crippen molar-refractivity contribution in [3.8, 4) is 11.5 Å². The van der Waals surface area contributed by atoms with Gasteiger partial charge in [0.05, 0.1) is 11.5 Å². The molecule has 2 N–H and O–H groups in total. The summed E-state index contributed by atoms with van der Waals surface area (Å²) in [4.78, 5) is 10.6. The van der Waals surface area contributed by atoms with Crippen LogP contribution in [0.5, 0.6) is 11.5 Å². The molecule has 1 amide bonds. The molecule has 0 atom stereocenters. The number of carbonyl (C=O) groups excluding carboxylic acids is 1. The van der Waals surface area contributed by atoms with Crippen LogP contribution in [0.15, 0.2) is 47.9 Å². The molecular formula is C17H18NNaO6S. The Hall–Kier alpha value is -1.58. The Bertz CT molecular complexity index is 898. The second-order valence-electron chi connectivity index (χ2n) is 5.33. The maximum absolute atomic E-state index is 11.0. The summed E-state index contributed by atoms with van der Waals surface area (Å²) >= 11 is 0. The van der Waals surface area contributed by atoms with E-state index in [1.54, 1.807) is 6.07 Å². The zero-order valence-corrected chi connectivity index (χ0v) is 17.2. The average molecular weight is 387 g/mol. The SMILES string of the molecule is C=CC(=O)NCCCCOc1cc2ccc(S(=O)(=O)[O-])cc2cc1O.[Na+]. The van der Waals surface area contributed by atoms with Crippen molar-refractivity contribution in [2.45, 2.75) is 17.7 Å². The van der Waals surface area contributed by atoms with Crippen molar-refractivity contribution in [2.24, 2.45) is 0 Å². The van der Waals surface area contributed by atoms with Gasteiger partial charge >= 0.3 is 29.6 Å². The van der Waals surface area contributed by atoms with Gasteiger partial charge in [-0.1, -0.05) is 12.6 Å². The van der Waals surface area contributed by atoms with Crippen LogP contribution in [0.4, 0.5) is 0 Å². The maximum Gasteiger partial charge on any atom is 1.00 e. The summed E-state index contributed by atoms with van der Waals surface area (Å²) in [5.74, 6) is -0.110. The third-order valence-electron chi connectivity index (χ3n) is 3.49. The van der Waals surface area contributed by atoms with E-state index >= 15 is 0 Å². The minimum atomic E-state index is -4.55. The van der Waals surface area contributed by atoms with E-state index in [9.17, 15) is 22.9 Å². The van der Waals surface area contributed by atoms with Crippen molar-refractivity contribution < 1.29 is 57.2 Å². The molecule has 26 heavy (non-hydrogen) atoms. The summed E-state index contributed by atoms with van der Waals surface area (Å²) in [6.45, 7) is 4.20. The van der Waals surface area contributed by atoms with Crippen molar-refractivity contribution in [1.82, 2.24) is 5.32 Å². The molecule has 0 spiro atoms. The molecule has 0 saturated heterocycles. The fourth-order valence-electron chi connectivity index (χ4n) is 2.21. The second kappa shape index (κ2) is 9.94. The van der Waals surface area contributed by atoms with Crippen LogP contribution in [0.25, 0.3) is 10.8 Å². The summed E-state index contributed by atoms with van der Waals surface area (Å²) in [6.07, 6.45) is 2.58. The molecule has 2 aromatic carbocycles.